The fourth-order valence-corrected chi connectivity index (χ4v) is 1.82. The minimum atomic E-state index is -1.02. The van der Waals surface area contributed by atoms with Gasteiger partial charge in [-0.1, -0.05) is 18.2 Å². The molecule has 0 bridgehead atoms. The summed E-state index contributed by atoms with van der Waals surface area (Å²) in [5.41, 5.74) is 2.80. The van der Waals surface area contributed by atoms with Crippen molar-refractivity contribution in [2.24, 2.45) is 0 Å². The van der Waals surface area contributed by atoms with Crippen LogP contribution in [-0.4, -0.2) is 10.1 Å². The number of hydrogen-bond acceptors (Lipinski definition) is 2. The van der Waals surface area contributed by atoms with E-state index < -0.39 is 11.9 Å². The summed E-state index contributed by atoms with van der Waals surface area (Å²) in [5, 5.41) is 10.2. The van der Waals surface area contributed by atoms with Gasteiger partial charge in [0.1, 0.15) is 17.6 Å². The van der Waals surface area contributed by atoms with Crippen molar-refractivity contribution >= 4 is 0 Å². The molecule has 0 fully saturated rings. The fourth-order valence-electron chi connectivity index (χ4n) is 1.82. The zero-order chi connectivity index (χ0) is 12.4. The van der Waals surface area contributed by atoms with E-state index in [0.29, 0.717) is 5.56 Å². The maximum atomic E-state index is 13.5. The van der Waals surface area contributed by atoms with Crippen LogP contribution in [0.4, 0.5) is 4.39 Å². The van der Waals surface area contributed by atoms with E-state index in [9.17, 15) is 9.50 Å². The van der Waals surface area contributed by atoms with Crippen molar-refractivity contribution in [3.8, 4) is 0 Å². The molecule has 1 atom stereocenters. The van der Waals surface area contributed by atoms with Gasteiger partial charge >= 0.3 is 0 Å². The molecule has 17 heavy (non-hydrogen) atoms. The van der Waals surface area contributed by atoms with Gasteiger partial charge in [-0.2, -0.15) is 0 Å². The summed E-state index contributed by atoms with van der Waals surface area (Å²) in [4.78, 5) is 3.90. The molecule has 0 saturated heterocycles. The molecule has 0 aliphatic heterocycles. The molecule has 0 saturated carbocycles. The van der Waals surface area contributed by atoms with Crippen LogP contribution in [0.5, 0.6) is 0 Å². The maximum absolute atomic E-state index is 13.5. The highest BCUT2D eigenvalue weighted by Crippen LogP contribution is 2.26. The predicted molar refractivity (Wildman–Crippen MR) is 64.2 cm³/mol. The van der Waals surface area contributed by atoms with Crippen molar-refractivity contribution in [3.05, 3.63) is 64.7 Å². The van der Waals surface area contributed by atoms with E-state index in [-0.39, 0.29) is 5.69 Å². The van der Waals surface area contributed by atoms with Crippen LogP contribution in [0.2, 0.25) is 0 Å². The molecule has 2 aromatic rings. The van der Waals surface area contributed by atoms with Gasteiger partial charge in [0, 0.05) is 6.20 Å². The van der Waals surface area contributed by atoms with E-state index in [1.54, 1.807) is 6.07 Å². The molecule has 0 amide bonds. The topological polar surface area (TPSA) is 33.1 Å². The third-order valence-corrected chi connectivity index (χ3v) is 2.99. The Kier molecular flexibility index (Phi) is 3.20. The zero-order valence-corrected chi connectivity index (χ0v) is 9.81. The number of aliphatic hydroxyl groups excluding tert-OH is 1. The van der Waals surface area contributed by atoms with Crippen LogP contribution >= 0.6 is 0 Å². The van der Waals surface area contributed by atoms with Crippen LogP contribution in [0.25, 0.3) is 0 Å². The fraction of sp³-hybridized carbons (Fsp3) is 0.214. The Morgan fingerprint density at radius 1 is 1.18 bits per heavy atom. The Morgan fingerprint density at radius 3 is 2.65 bits per heavy atom. The molecule has 2 nitrogen and oxygen atoms in total. The third kappa shape index (κ3) is 2.19. The van der Waals surface area contributed by atoms with E-state index in [1.807, 2.05) is 26.0 Å². The van der Waals surface area contributed by atoms with E-state index in [0.717, 1.165) is 11.1 Å². The summed E-state index contributed by atoms with van der Waals surface area (Å²) in [6.07, 6.45) is 0.461. The number of nitrogens with zero attached hydrogens (tertiary/aromatic N) is 1. The molecular formula is C14H14FNO. The number of pyridine rings is 1. The number of aromatic nitrogens is 1. The smallest absolute Gasteiger partial charge is 0.147 e. The molecule has 1 unspecified atom stereocenters. The van der Waals surface area contributed by atoms with Crippen molar-refractivity contribution in [3.63, 3.8) is 0 Å². The Morgan fingerprint density at radius 2 is 1.94 bits per heavy atom. The van der Waals surface area contributed by atoms with Crippen LogP contribution < -0.4 is 0 Å². The highest BCUT2D eigenvalue weighted by atomic mass is 19.1. The van der Waals surface area contributed by atoms with E-state index in [2.05, 4.69) is 4.98 Å². The summed E-state index contributed by atoms with van der Waals surface area (Å²) in [5.74, 6) is -0.485. The molecule has 88 valence electrons. The van der Waals surface area contributed by atoms with Gasteiger partial charge in [0.05, 0.1) is 0 Å². The molecular weight excluding hydrogens is 217 g/mol. The van der Waals surface area contributed by atoms with Gasteiger partial charge in [0.25, 0.3) is 0 Å². The Labute approximate surface area is 99.8 Å². The normalized spacial score (nSPS) is 12.5. The minimum Gasteiger partial charge on any atom is -0.382 e. The molecule has 1 heterocycles. The second kappa shape index (κ2) is 4.63. The molecule has 0 aliphatic rings. The quantitative estimate of drug-likeness (QED) is 0.862. The summed E-state index contributed by atoms with van der Waals surface area (Å²) < 4.78 is 13.5. The van der Waals surface area contributed by atoms with Crippen LogP contribution in [0.1, 0.15) is 28.5 Å². The predicted octanol–water partition coefficient (Wildman–Crippen LogP) is 2.92. The highest BCUT2D eigenvalue weighted by molar-refractivity contribution is 5.37. The second-order valence-electron chi connectivity index (χ2n) is 4.06. The molecule has 3 heteroatoms. The van der Waals surface area contributed by atoms with Gasteiger partial charge < -0.3 is 5.11 Å². The lowest BCUT2D eigenvalue weighted by Gasteiger charge is -2.15. The SMILES string of the molecule is Cc1cccc(C(O)c2ncccc2F)c1C. The average Bonchev–Trinajstić information content (AvgIpc) is 2.32. The average molecular weight is 231 g/mol. The first-order chi connectivity index (χ1) is 8.11. The van der Waals surface area contributed by atoms with Crippen LogP contribution in [0.3, 0.4) is 0 Å². The Balaban J connectivity index is 2.48. The first-order valence-corrected chi connectivity index (χ1v) is 5.46. The number of halogens is 1. The lowest BCUT2D eigenvalue weighted by Crippen LogP contribution is -2.07. The number of benzene rings is 1. The highest BCUT2D eigenvalue weighted by Gasteiger charge is 2.18. The lowest BCUT2D eigenvalue weighted by atomic mass is 9.97. The number of aryl methyl sites for hydroxylation is 1. The van der Waals surface area contributed by atoms with Gasteiger partial charge in [0.2, 0.25) is 0 Å². The molecule has 0 radical (unpaired) electrons. The van der Waals surface area contributed by atoms with E-state index in [1.165, 1.54) is 18.3 Å². The van der Waals surface area contributed by atoms with Gasteiger partial charge in [-0.15, -0.1) is 0 Å². The van der Waals surface area contributed by atoms with Crippen molar-refractivity contribution in [1.82, 2.24) is 4.98 Å². The van der Waals surface area contributed by atoms with Crippen molar-refractivity contribution < 1.29 is 9.50 Å². The summed E-state index contributed by atoms with van der Waals surface area (Å²) >= 11 is 0. The molecule has 1 aromatic carbocycles. The summed E-state index contributed by atoms with van der Waals surface area (Å²) in [6.45, 7) is 3.87. The largest absolute Gasteiger partial charge is 0.382 e. The van der Waals surface area contributed by atoms with E-state index >= 15 is 0 Å². The van der Waals surface area contributed by atoms with Gasteiger partial charge in [-0.25, -0.2) is 4.39 Å². The van der Waals surface area contributed by atoms with Crippen molar-refractivity contribution in [2.45, 2.75) is 20.0 Å². The first kappa shape index (κ1) is 11.7. The Hall–Kier alpha value is -1.74. The standard InChI is InChI=1S/C14H14FNO/c1-9-5-3-6-11(10(9)2)14(17)13-12(15)7-4-8-16-13/h3-8,14,17H,1-2H3. The van der Waals surface area contributed by atoms with Gasteiger partial charge in [-0.3, -0.25) is 4.98 Å². The number of aliphatic hydroxyl groups is 1. The van der Waals surface area contributed by atoms with Gasteiger partial charge in [0.15, 0.2) is 0 Å². The number of rotatable bonds is 2. The zero-order valence-electron chi connectivity index (χ0n) is 9.81. The van der Waals surface area contributed by atoms with Gasteiger partial charge in [-0.05, 0) is 42.7 Å². The number of hydrogen-bond donors (Lipinski definition) is 1. The van der Waals surface area contributed by atoms with Crippen molar-refractivity contribution in [1.29, 1.82) is 0 Å². The molecule has 1 aromatic heterocycles. The van der Waals surface area contributed by atoms with Crippen LogP contribution in [0, 0.1) is 19.7 Å². The monoisotopic (exact) mass is 231 g/mol. The Bertz CT molecular complexity index is 539. The molecule has 0 aliphatic carbocycles. The van der Waals surface area contributed by atoms with Crippen LogP contribution in [-0.2, 0) is 0 Å². The lowest BCUT2D eigenvalue weighted by molar-refractivity contribution is 0.208. The first-order valence-electron chi connectivity index (χ1n) is 5.46. The summed E-state index contributed by atoms with van der Waals surface area (Å²) in [7, 11) is 0. The molecule has 2 rings (SSSR count). The van der Waals surface area contributed by atoms with E-state index in [4.69, 9.17) is 0 Å². The summed E-state index contributed by atoms with van der Waals surface area (Å²) in [6, 6.07) is 8.41. The molecule has 0 spiro atoms. The molecule has 1 N–H and O–H groups in total. The minimum absolute atomic E-state index is 0.0706. The third-order valence-electron chi connectivity index (χ3n) is 2.99. The maximum Gasteiger partial charge on any atom is 0.147 e. The van der Waals surface area contributed by atoms with Crippen molar-refractivity contribution in [2.75, 3.05) is 0 Å². The second-order valence-corrected chi connectivity index (χ2v) is 4.06. The van der Waals surface area contributed by atoms with Crippen LogP contribution in [0.15, 0.2) is 36.5 Å².